The molecule has 1 heteroatoms. The first-order valence-corrected chi connectivity index (χ1v) is 5.58. The molecule has 2 rings (SSSR count). The zero-order valence-corrected chi connectivity index (χ0v) is 9.14. The average Bonchev–Trinajstić information content (AvgIpc) is 2.58. The molecule has 0 radical (unpaired) electrons. The summed E-state index contributed by atoms with van der Waals surface area (Å²) < 4.78 is 0. The van der Waals surface area contributed by atoms with Gasteiger partial charge in [-0.1, -0.05) is 25.5 Å². The molecule has 0 aromatic heterocycles. The summed E-state index contributed by atoms with van der Waals surface area (Å²) in [5.74, 6) is 0.812. The van der Waals surface area contributed by atoms with E-state index in [-0.39, 0.29) is 0 Å². The van der Waals surface area contributed by atoms with Gasteiger partial charge in [0.05, 0.1) is 0 Å². The molecule has 0 aromatic carbocycles. The number of hydrogen-bond acceptors (Lipinski definition) is 1. The Labute approximate surface area is 81.8 Å². The lowest BCUT2D eigenvalue weighted by Crippen LogP contribution is -2.42. The molecule has 1 unspecified atom stereocenters. The van der Waals surface area contributed by atoms with Crippen LogP contribution in [0.2, 0.25) is 0 Å². The highest BCUT2D eigenvalue weighted by Gasteiger charge is 2.47. The molecule has 13 heavy (non-hydrogen) atoms. The molecule has 0 N–H and O–H groups in total. The van der Waals surface area contributed by atoms with Crippen molar-refractivity contribution in [2.45, 2.75) is 45.6 Å². The van der Waals surface area contributed by atoms with E-state index in [2.05, 4.69) is 31.7 Å². The number of rotatable bonds is 1. The molecule has 0 bridgehead atoms. The Bertz CT molecular complexity index is 229. The van der Waals surface area contributed by atoms with Gasteiger partial charge in [0.2, 0.25) is 0 Å². The molecule has 2 aliphatic rings. The Morgan fingerprint density at radius 1 is 1.46 bits per heavy atom. The minimum absolute atomic E-state index is 0.543. The molecule has 1 atom stereocenters. The molecular weight excluding hydrogens is 158 g/mol. The van der Waals surface area contributed by atoms with Gasteiger partial charge in [0, 0.05) is 12.1 Å². The number of hydrogen-bond donors (Lipinski definition) is 0. The quantitative estimate of drug-likeness (QED) is 0.559. The summed E-state index contributed by atoms with van der Waals surface area (Å²) in [4.78, 5) is 2.72. The molecule has 0 aromatic rings. The Kier molecular flexibility index (Phi) is 2.23. The van der Waals surface area contributed by atoms with Gasteiger partial charge in [-0.2, -0.15) is 0 Å². The summed E-state index contributed by atoms with van der Waals surface area (Å²) in [5, 5.41) is 0. The Morgan fingerprint density at radius 3 is 2.77 bits per heavy atom. The van der Waals surface area contributed by atoms with E-state index in [1.165, 1.54) is 32.4 Å². The molecule has 0 aliphatic carbocycles. The highest BCUT2D eigenvalue weighted by atomic mass is 15.2. The van der Waals surface area contributed by atoms with E-state index in [4.69, 9.17) is 0 Å². The van der Waals surface area contributed by atoms with Crippen LogP contribution in [0.15, 0.2) is 11.6 Å². The third kappa shape index (κ3) is 1.25. The van der Waals surface area contributed by atoms with Gasteiger partial charge in [0.15, 0.2) is 0 Å². The summed E-state index contributed by atoms with van der Waals surface area (Å²) >= 11 is 0. The summed E-state index contributed by atoms with van der Waals surface area (Å²) in [5.41, 5.74) is 2.20. The highest BCUT2D eigenvalue weighted by molar-refractivity contribution is 5.20. The van der Waals surface area contributed by atoms with Crippen molar-refractivity contribution in [2.24, 2.45) is 5.92 Å². The van der Waals surface area contributed by atoms with Crippen molar-refractivity contribution in [1.82, 2.24) is 4.90 Å². The van der Waals surface area contributed by atoms with Gasteiger partial charge >= 0.3 is 0 Å². The van der Waals surface area contributed by atoms with E-state index in [0.717, 1.165) is 5.92 Å². The van der Waals surface area contributed by atoms with Crippen LogP contribution < -0.4 is 0 Å². The minimum atomic E-state index is 0.543. The molecule has 0 spiro atoms. The number of fused-ring (bicyclic) bond motifs is 1. The molecule has 74 valence electrons. The second-order valence-electron chi connectivity index (χ2n) is 4.91. The zero-order valence-electron chi connectivity index (χ0n) is 9.14. The molecule has 2 saturated heterocycles. The summed E-state index contributed by atoms with van der Waals surface area (Å²) in [6, 6.07) is 0. The third-order valence-electron chi connectivity index (χ3n) is 4.08. The fourth-order valence-corrected chi connectivity index (χ4v) is 3.14. The summed E-state index contributed by atoms with van der Waals surface area (Å²) in [6.45, 7) is 9.53. The fourth-order valence-electron chi connectivity index (χ4n) is 3.14. The normalized spacial score (nSPS) is 37.7. The molecule has 1 nitrogen and oxygen atoms in total. The van der Waals surface area contributed by atoms with Crippen molar-refractivity contribution >= 4 is 0 Å². The van der Waals surface area contributed by atoms with Crippen molar-refractivity contribution in [2.75, 3.05) is 13.1 Å². The molecular formula is C12H21N. The van der Waals surface area contributed by atoms with Crippen LogP contribution in [0.5, 0.6) is 0 Å². The smallest absolute Gasteiger partial charge is 0.0273 e. The van der Waals surface area contributed by atoms with E-state index >= 15 is 0 Å². The fraction of sp³-hybridized carbons (Fsp3) is 0.833. The molecule has 2 aliphatic heterocycles. The maximum atomic E-state index is 2.72. The van der Waals surface area contributed by atoms with Crippen LogP contribution in [0.4, 0.5) is 0 Å². The second kappa shape index (κ2) is 3.13. The van der Waals surface area contributed by atoms with Crippen molar-refractivity contribution in [3.05, 3.63) is 11.6 Å². The number of nitrogens with zero attached hydrogens (tertiary/aromatic N) is 1. The first-order chi connectivity index (χ1) is 6.19. The van der Waals surface area contributed by atoms with Gasteiger partial charge in [-0.3, -0.25) is 4.90 Å². The number of allylic oxidation sites excluding steroid dienone is 1. The predicted molar refractivity (Wildman–Crippen MR) is 56.8 cm³/mol. The lowest BCUT2D eigenvalue weighted by Gasteiger charge is -2.35. The Balaban J connectivity index is 2.25. The maximum absolute atomic E-state index is 2.72. The monoisotopic (exact) mass is 179 g/mol. The molecule has 2 heterocycles. The molecule has 0 saturated carbocycles. The standard InChI is InChI=1S/C12H21N/c1-4-11-8-12(10(2)3)6-5-7-13(12)9-11/h4,10H,5-9H2,1-3H3/b11-4-. The van der Waals surface area contributed by atoms with Gasteiger partial charge in [-0.05, 0) is 38.6 Å². The summed E-state index contributed by atoms with van der Waals surface area (Å²) in [6.07, 6.45) is 6.49. The van der Waals surface area contributed by atoms with Gasteiger partial charge in [-0.15, -0.1) is 0 Å². The second-order valence-corrected chi connectivity index (χ2v) is 4.91. The van der Waals surface area contributed by atoms with Crippen molar-refractivity contribution in [1.29, 1.82) is 0 Å². The first-order valence-electron chi connectivity index (χ1n) is 5.58. The van der Waals surface area contributed by atoms with E-state index in [0.29, 0.717) is 5.54 Å². The molecule has 0 amide bonds. The maximum Gasteiger partial charge on any atom is 0.0273 e. The van der Waals surface area contributed by atoms with Crippen LogP contribution in [0, 0.1) is 5.92 Å². The lowest BCUT2D eigenvalue weighted by molar-refractivity contribution is 0.136. The zero-order chi connectivity index (χ0) is 9.47. The highest BCUT2D eigenvalue weighted by Crippen LogP contribution is 2.45. The van der Waals surface area contributed by atoms with Crippen LogP contribution in [-0.4, -0.2) is 23.5 Å². The van der Waals surface area contributed by atoms with Crippen LogP contribution in [-0.2, 0) is 0 Å². The van der Waals surface area contributed by atoms with Crippen LogP contribution in [0.1, 0.15) is 40.0 Å². The van der Waals surface area contributed by atoms with Crippen LogP contribution in [0.3, 0.4) is 0 Å². The van der Waals surface area contributed by atoms with Crippen molar-refractivity contribution in [3.8, 4) is 0 Å². The third-order valence-corrected chi connectivity index (χ3v) is 4.08. The average molecular weight is 179 g/mol. The van der Waals surface area contributed by atoms with E-state index in [1.54, 1.807) is 5.57 Å². The lowest BCUT2D eigenvalue weighted by atomic mass is 9.82. The Hall–Kier alpha value is -0.300. The Morgan fingerprint density at radius 2 is 2.23 bits per heavy atom. The van der Waals surface area contributed by atoms with Crippen molar-refractivity contribution in [3.63, 3.8) is 0 Å². The van der Waals surface area contributed by atoms with E-state index < -0.39 is 0 Å². The first kappa shape index (κ1) is 9.26. The largest absolute Gasteiger partial charge is 0.293 e. The predicted octanol–water partition coefficient (Wildman–Crippen LogP) is 2.83. The van der Waals surface area contributed by atoms with Gasteiger partial charge < -0.3 is 0 Å². The van der Waals surface area contributed by atoms with Gasteiger partial charge in [-0.25, -0.2) is 0 Å². The summed E-state index contributed by atoms with van der Waals surface area (Å²) in [7, 11) is 0. The van der Waals surface area contributed by atoms with Gasteiger partial charge in [0.25, 0.3) is 0 Å². The van der Waals surface area contributed by atoms with Crippen LogP contribution >= 0.6 is 0 Å². The SMILES string of the molecule is C/C=C1\CN2CCCC2(C(C)C)C1. The molecule has 2 fully saturated rings. The van der Waals surface area contributed by atoms with Gasteiger partial charge in [0.1, 0.15) is 0 Å². The topological polar surface area (TPSA) is 3.24 Å². The van der Waals surface area contributed by atoms with Crippen molar-refractivity contribution < 1.29 is 0 Å². The van der Waals surface area contributed by atoms with Crippen LogP contribution in [0.25, 0.3) is 0 Å². The van der Waals surface area contributed by atoms with E-state index in [9.17, 15) is 0 Å². The van der Waals surface area contributed by atoms with E-state index in [1.807, 2.05) is 0 Å². The minimum Gasteiger partial charge on any atom is -0.293 e.